The number of hydrogen-bond donors (Lipinski definition) is 3. The van der Waals surface area contributed by atoms with E-state index < -0.39 is 40.8 Å². The summed E-state index contributed by atoms with van der Waals surface area (Å²) in [6.45, 7) is 1.31. The first-order valence-electron chi connectivity index (χ1n) is 12.2. The maximum absolute atomic E-state index is 12.5. The van der Waals surface area contributed by atoms with E-state index in [1.54, 1.807) is 0 Å². The van der Waals surface area contributed by atoms with Crippen LogP contribution in [0.25, 0.3) is 0 Å². The summed E-state index contributed by atoms with van der Waals surface area (Å²) < 4.78 is 19.1. The molecule has 0 unspecified atom stereocenters. The highest BCUT2D eigenvalue weighted by Crippen LogP contribution is 2.60. The predicted molar refractivity (Wildman–Crippen MR) is 136 cm³/mol. The number of benzene rings is 3. The fourth-order valence-electron chi connectivity index (χ4n) is 5.21. The number of aromatic nitrogens is 2. The monoisotopic (exact) mass is 514 g/mol. The lowest BCUT2D eigenvalue weighted by atomic mass is 9.80. The second-order valence-electron chi connectivity index (χ2n) is 9.54. The van der Waals surface area contributed by atoms with Crippen molar-refractivity contribution >= 4 is 0 Å². The van der Waals surface area contributed by atoms with E-state index in [0.717, 1.165) is 21.3 Å². The van der Waals surface area contributed by atoms with Crippen LogP contribution in [-0.2, 0) is 19.8 Å². The molecule has 4 atom stereocenters. The number of nitrogens with one attached hydrogen (secondary N) is 1. The van der Waals surface area contributed by atoms with Gasteiger partial charge in [-0.25, -0.2) is 4.79 Å². The molecule has 0 radical (unpaired) electrons. The van der Waals surface area contributed by atoms with Gasteiger partial charge in [0, 0.05) is 11.8 Å². The number of rotatable bonds is 7. The van der Waals surface area contributed by atoms with Crippen molar-refractivity contribution in [2.75, 3.05) is 6.61 Å². The highest BCUT2D eigenvalue weighted by molar-refractivity contribution is 5.47. The van der Waals surface area contributed by atoms with Crippen LogP contribution < -0.4 is 11.2 Å². The number of aromatic amines is 1. The first-order valence-corrected chi connectivity index (χ1v) is 12.2. The molecule has 6 rings (SSSR count). The van der Waals surface area contributed by atoms with Crippen LogP contribution in [0.2, 0.25) is 0 Å². The Morgan fingerprint density at radius 3 is 1.87 bits per heavy atom. The Morgan fingerprint density at radius 1 is 0.868 bits per heavy atom. The molecule has 2 aliphatic rings. The summed E-state index contributed by atoms with van der Waals surface area (Å²) in [6.07, 6.45) is -1.30. The molecule has 3 N–H and O–H groups in total. The average molecular weight is 515 g/mol. The topological polar surface area (TPSA) is 126 Å². The lowest BCUT2D eigenvalue weighted by Crippen LogP contribution is -2.40. The number of H-pyrrole nitrogens is 1. The maximum atomic E-state index is 12.5. The zero-order valence-corrected chi connectivity index (χ0v) is 20.5. The molecule has 38 heavy (non-hydrogen) atoms. The molecule has 1 aromatic heterocycles. The smallest absolute Gasteiger partial charge is 0.330 e. The number of nitrogens with zero attached hydrogens (tertiary/aromatic N) is 1. The molecule has 0 aliphatic carbocycles. The second-order valence-corrected chi connectivity index (χ2v) is 9.54. The summed E-state index contributed by atoms with van der Waals surface area (Å²) in [6, 6.07) is 29.0. The lowest BCUT2D eigenvalue weighted by molar-refractivity contribution is -0.194. The first kappa shape index (κ1) is 24.5. The number of aliphatic hydroxyl groups is 2. The van der Waals surface area contributed by atoms with Crippen LogP contribution in [0.1, 0.15) is 28.5 Å². The van der Waals surface area contributed by atoms with E-state index in [1.165, 1.54) is 13.1 Å². The molecule has 194 valence electrons. The minimum atomic E-state index is -2.19. The molecule has 9 nitrogen and oxygen atoms in total. The maximum Gasteiger partial charge on any atom is 0.330 e. The molecule has 3 heterocycles. The Kier molecular flexibility index (Phi) is 5.71. The Labute approximate surface area is 217 Å². The van der Waals surface area contributed by atoms with Crippen molar-refractivity contribution in [3.63, 3.8) is 0 Å². The van der Waals surface area contributed by atoms with E-state index in [4.69, 9.17) is 14.2 Å². The number of fused-ring (bicyclic) bond motifs is 1. The van der Waals surface area contributed by atoms with Gasteiger partial charge in [-0.2, -0.15) is 0 Å². The van der Waals surface area contributed by atoms with Gasteiger partial charge in [-0.3, -0.25) is 14.3 Å². The molecule has 2 aliphatic heterocycles. The number of epoxide rings is 1. The van der Waals surface area contributed by atoms with Gasteiger partial charge in [0.05, 0.1) is 6.61 Å². The summed E-state index contributed by atoms with van der Waals surface area (Å²) in [5, 5.41) is 22.3. The second kappa shape index (κ2) is 8.87. The Hall–Kier alpha value is -3.86. The van der Waals surface area contributed by atoms with Crippen LogP contribution in [0.5, 0.6) is 0 Å². The van der Waals surface area contributed by atoms with Gasteiger partial charge < -0.3 is 24.4 Å². The van der Waals surface area contributed by atoms with Crippen molar-refractivity contribution in [2.24, 2.45) is 0 Å². The molecule has 4 aromatic rings. The van der Waals surface area contributed by atoms with E-state index in [1.807, 2.05) is 91.0 Å². The molecule has 0 bridgehead atoms. The predicted octanol–water partition coefficient (Wildman–Crippen LogP) is 2.16. The summed E-state index contributed by atoms with van der Waals surface area (Å²) in [4.78, 5) is 26.5. The molecular formula is C29H26N2O7. The summed E-state index contributed by atoms with van der Waals surface area (Å²) in [7, 11) is 0. The van der Waals surface area contributed by atoms with Crippen molar-refractivity contribution in [1.82, 2.24) is 9.55 Å². The van der Waals surface area contributed by atoms with Crippen LogP contribution in [-0.4, -0.2) is 44.0 Å². The van der Waals surface area contributed by atoms with E-state index >= 15 is 0 Å². The van der Waals surface area contributed by atoms with E-state index in [-0.39, 0.29) is 12.2 Å². The Morgan fingerprint density at radius 2 is 1.37 bits per heavy atom. The van der Waals surface area contributed by atoms with Crippen molar-refractivity contribution in [3.05, 3.63) is 140 Å². The third-order valence-corrected chi connectivity index (χ3v) is 7.24. The number of aryl methyl sites for hydroxylation is 1. The molecule has 2 fully saturated rings. The first-order chi connectivity index (χ1) is 18.3. The third kappa shape index (κ3) is 3.59. The normalized spacial score (nSPS) is 26.2. The van der Waals surface area contributed by atoms with Gasteiger partial charge in [0.2, 0.25) is 0 Å². The summed E-state index contributed by atoms with van der Waals surface area (Å²) >= 11 is 0. The quantitative estimate of drug-likeness (QED) is 0.255. The fraction of sp³-hybridized carbons (Fsp3) is 0.241. The number of ether oxygens (including phenoxy) is 3. The fourth-order valence-corrected chi connectivity index (χ4v) is 5.21. The SMILES string of the molecule is Cc1cn([C@@H]2O[C@H](COC(c3ccccc3)(c3ccccc3)c3ccccc3)[C@@]3(O)O[C@@]23O)c(=O)[nH]c1=O. The summed E-state index contributed by atoms with van der Waals surface area (Å²) in [5.74, 6) is -4.30. The minimum absolute atomic E-state index is 0.203. The lowest BCUT2D eigenvalue weighted by Gasteiger charge is -2.37. The van der Waals surface area contributed by atoms with Crippen molar-refractivity contribution in [1.29, 1.82) is 0 Å². The largest absolute Gasteiger partial charge is 0.359 e. The van der Waals surface area contributed by atoms with Crippen molar-refractivity contribution < 1.29 is 24.4 Å². The molecular weight excluding hydrogens is 488 g/mol. The Bertz CT molecular complexity index is 1470. The van der Waals surface area contributed by atoms with Crippen LogP contribution in [0.4, 0.5) is 0 Å². The van der Waals surface area contributed by atoms with E-state index in [9.17, 15) is 19.8 Å². The zero-order chi connectivity index (χ0) is 26.5. The Balaban J connectivity index is 1.40. The highest BCUT2D eigenvalue weighted by atomic mass is 16.9. The van der Waals surface area contributed by atoms with E-state index in [2.05, 4.69) is 4.98 Å². The molecule has 3 aromatic carbocycles. The van der Waals surface area contributed by atoms with Gasteiger partial charge in [-0.1, -0.05) is 91.0 Å². The van der Waals surface area contributed by atoms with Crippen LogP contribution in [0.3, 0.4) is 0 Å². The van der Waals surface area contributed by atoms with Gasteiger partial charge in [0.25, 0.3) is 17.1 Å². The molecule has 0 saturated carbocycles. The van der Waals surface area contributed by atoms with Gasteiger partial charge in [0.15, 0.2) is 6.23 Å². The van der Waals surface area contributed by atoms with Crippen LogP contribution >= 0.6 is 0 Å². The summed E-state index contributed by atoms with van der Waals surface area (Å²) in [5.41, 5.74) is 0.319. The number of hydrogen-bond acceptors (Lipinski definition) is 7. The standard InChI is InChI=1S/C29H26N2O7/c1-19-17-31(26(33)30-24(19)32)25-29(35)28(34,38-29)23(37-25)18-36-27(20-11-5-2-6-12-20,21-13-7-3-8-14-21)22-15-9-4-10-16-22/h2-17,23,25,34-35H,18H2,1H3,(H,30,32,33)/t23-,25-,28-,29+/m1/s1. The minimum Gasteiger partial charge on any atom is -0.359 e. The molecule has 0 amide bonds. The zero-order valence-electron chi connectivity index (χ0n) is 20.5. The third-order valence-electron chi connectivity index (χ3n) is 7.24. The van der Waals surface area contributed by atoms with Crippen LogP contribution in [0, 0.1) is 6.92 Å². The molecule has 0 spiro atoms. The van der Waals surface area contributed by atoms with Gasteiger partial charge in [0.1, 0.15) is 11.7 Å². The highest BCUT2D eigenvalue weighted by Gasteiger charge is 2.84. The van der Waals surface area contributed by atoms with Gasteiger partial charge >= 0.3 is 5.69 Å². The van der Waals surface area contributed by atoms with E-state index in [0.29, 0.717) is 0 Å². The van der Waals surface area contributed by atoms with Crippen LogP contribution in [0.15, 0.2) is 107 Å². The van der Waals surface area contributed by atoms with Gasteiger partial charge in [-0.05, 0) is 23.6 Å². The average Bonchev–Trinajstić information content (AvgIpc) is 3.45. The van der Waals surface area contributed by atoms with Crippen molar-refractivity contribution in [3.8, 4) is 0 Å². The van der Waals surface area contributed by atoms with Crippen molar-refractivity contribution in [2.45, 2.75) is 36.4 Å². The molecule has 2 saturated heterocycles. The van der Waals surface area contributed by atoms with Gasteiger partial charge in [-0.15, -0.1) is 0 Å². The molecule has 9 heteroatoms.